The van der Waals surface area contributed by atoms with Crippen molar-refractivity contribution in [3.63, 3.8) is 0 Å². The second-order valence-electron chi connectivity index (χ2n) is 5.23. The highest BCUT2D eigenvalue weighted by Gasteiger charge is 2.13. The smallest absolute Gasteiger partial charge is 0.0929 e. The molecule has 4 nitrogen and oxygen atoms in total. The first kappa shape index (κ1) is 13.1. The molecule has 0 fully saturated rings. The number of likely N-dealkylation sites (N-methyl/N-ethyl adjacent to an activating group) is 1. The van der Waals surface area contributed by atoms with Crippen molar-refractivity contribution in [3.8, 4) is 11.3 Å². The van der Waals surface area contributed by atoms with Crippen LogP contribution in [0.25, 0.3) is 11.3 Å². The van der Waals surface area contributed by atoms with Crippen LogP contribution >= 0.6 is 0 Å². The first-order chi connectivity index (χ1) is 9.76. The molecule has 0 aliphatic carbocycles. The van der Waals surface area contributed by atoms with Crippen LogP contribution in [0.2, 0.25) is 0 Å². The first-order valence-corrected chi connectivity index (χ1v) is 7.16. The summed E-state index contributed by atoms with van der Waals surface area (Å²) in [5.74, 6) is 0. The molecule has 3 rings (SSSR count). The van der Waals surface area contributed by atoms with Gasteiger partial charge in [0.1, 0.15) is 0 Å². The summed E-state index contributed by atoms with van der Waals surface area (Å²) in [7, 11) is 0. The Morgan fingerprint density at radius 1 is 1.20 bits per heavy atom. The molecule has 0 saturated carbocycles. The Kier molecular flexibility index (Phi) is 3.65. The molecule has 0 amide bonds. The molecule has 2 aromatic rings. The molecule has 0 radical (unpaired) electrons. The van der Waals surface area contributed by atoms with Crippen LogP contribution in [-0.2, 0) is 6.54 Å². The zero-order valence-electron chi connectivity index (χ0n) is 12.1. The van der Waals surface area contributed by atoms with Crippen molar-refractivity contribution in [2.75, 3.05) is 25.0 Å². The lowest BCUT2D eigenvalue weighted by Gasteiger charge is -2.17. The maximum absolute atomic E-state index is 4.28. The summed E-state index contributed by atoms with van der Waals surface area (Å²) in [6, 6.07) is 10.5. The van der Waals surface area contributed by atoms with E-state index in [0.717, 1.165) is 43.1 Å². The zero-order chi connectivity index (χ0) is 13.9. The lowest BCUT2D eigenvalue weighted by Crippen LogP contribution is -2.25. The standard InChI is InChI=1S/C16H20N4/c1-3-20-9-8-17-15-7-5-13(10-14(15)11-20)16-6-4-12(2)18-19-16/h4-7,10,17H,3,8-9,11H2,1-2H3. The lowest BCUT2D eigenvalue weighted by atomic mass is 10.1. The van der Waals surface area contributed by atoms with Crippen molar-refractivity contribution in [3.05, 3.63) is 41.6 Å². The number of hydrogen-bond acceptors (Lipinski definition) is 4. The summed E-state index contributed by atoms with van der Waals surface area (Å²) in [5.41, 5.74) is 5.60. The first-order valence-electron chi connectivity index (χ1n) is 7.16. The van der Waals surface area contributed by atoms with Crippen LogP contribution in [0.15, 0.2) is 30.3 Å². The predicted molar refractivity (Wildman–Crippen MR) is 81.6 cm³/mol. The molecule has 20 heavy (non-hydrogen) atoms. The molecule has 0 atom stereocenters. The van der Waals surface area contributed by atoms with Crippen molar-refractivity contribution in [2.45, 2.75) is 20.4 Å². The number of aromatic nitrogens is 2. The molecule has 4 heteroatoms. The van der Waals surface area contributed by atoms with E-state index < -0.39 is 0 Å². The summed E-state index contributed by atoms with van der Waals surface area (Å²) in [6.07, 6.45) is 0. The largest absolute Gasteiger partial charge is 0.383 e. The molecule has 1 aliphatic heterocycles. The van der Waals surface area contributed by atoms with Crippen LogP contribution in [0.1, 0.15) is 18.2 Å². The molecule has 0 unspecified atom stereocenters. The minimum atomic E-state index is 0.936. The summed E-state index contributed by atoms with van der Waals surface area (Å²) in [6.45, 7) is 8.33. The van der Waals surface area contributed by atoms with E-state index in [1.807, 2.05) is 19.1 Å². The second kappa shape index (κ2) is 5.59. The Balaban J connectivity index is 1.95. The van der Waals surface area contributed by atoms with Crippen LogP contribution in [-0.4, -0.2) is 34.7 Å². The number of aryl methyl sites for hydroxylation is 1. The van der Waals surface area contributed by atoms with E-state index in [-0.39, 0.29) is 0 Å². The van der Waals surface area contributed by atoms with Gasteiger partial charge in [0, 0.05) is 30.9 Å². The van der Waals surface area contributed by atoms with Crippen molar-refractivity contribution in [1.29, 1.82) is 0 Å². The fraction of sp³-hybridized carbons (Fsp3) is 0.375. The number of nitrogens with zero attached hydrogens (tertiary/aromatic N) is 3. The predicted octanol–water partition coefficient (Wildman–Crippen LogP) is 2.70. The van der Waals surface area contributed by atoms with E-state index in [4.69, 9.17) is 0 Å². The van der Waals surface area contributed by atoms with Crippen molar-refractivity contribution in [2.24, 2.45) is 0 Å². The maximum atomic E-state index is 4.28. The molecule has 1 aliphatic rings. The van der Waals surface area contributed by atoms with Crippen molar-refractivity contribution < 1.29 is 0 Å². The zero-order valence-corrected chi connectivity index (χ0v) is 12.1. The molecule has 0 saturated heterocycles. The van der Waals surface area contributed by atoms with Gasteiger partial charge in [0.15, 0.2) is 0 Å². The Hall–Kier alpha value is -1.94. The number of hydrogen-bond donors (Lipinski definition) is 1. The molecule has 2 heterocycles. The van der Waals surface area contributed by atoms with Gasteiger partial charge in [0.05, 0.1) is 11.4 Å². The molecule has 1 aromatic heterocycles. The Morgan fingerprint density at radius 3 is 2.85 bits per heavy atom. The number of benzene rings is 1. The van der Waals surface area contributed by atoms with Crippen LogP contribution in [0, 0.1) is 6.92 Å². The fourth-order valence-corrected chi connectivity index (χ4v) is 2.55. The van der Waals surface area contributed by atoms with Crippen molar-refractivity contribution in [1.82, 2.24) is 15.1 Å². The minimum absolute atomic E-state index is 0.936. The Morgan fingerprint density at radius 2 is 2.10 bits per heavy atom. The maximum Gasteiger partial charge on any atom is 0.0929 e. The Bertz CT molecular complexity index is 592. The van der Waals surface area contributed by atoms with E-state index >= 15 is 0 Å². The summed E-state index contributed by atoms with van der Waals surface area (Å²) >= 11 is 0. The topological polar surface area (TPSA) is 41.0 Å². The highest BCUT2D eigenvalue weighted by molar-refractivity contribution is 5.66. The second-order valence-corrected chi connectivity index (χ2v) is 5.23. The van der Waals surface area contributed by atoms with Gasteiger partial charge in [-0.25, -0.2) is 0 Å². The quantitative estimate of drug-likeness (QED) is 0.909. The third-order valence-corrected chi connectivity index (χ3v) is 3.78. The molecular weight excluding hydrogens is 248 g/mol. The molecule has 104 valence electrons. The third-order valence-electron chi connectivity index (χ3n) is 3.78. The molecule has 0 spiro atoms. The average Bonchev–Trinajstić information content (AvgIpc) is 2.69. The van der Waals surface area contributed by atoms with Gasteiger partial charge < -0.3 is 5.32 Å². The van der Waals surface area contributed by atoms with Gasteiger partial charge in [-0.2, -0.15) is 10.2 Å². The highest BCUT2D eigenvalue weighted by Crippen LogP contribution is 2.26. The van der Waals surface area contributed by atoms with E-state index in [0.29, 0.717) is 0 Å². The van der Waals surface area contributed by atoms with Crippen LogP contribution in [0.5, 0.6) is 0 Å². The van der Waals surface area contributed by atoms with E-state index in [9.17, 15) is 0 Å². The minimum Gasteiger partial charge on any atom is -0.383 e. The van der Waals surface area contributed by atoms with Crippen LogP contribution < -0.4 is 5.32 Å². The van der Waals surface area contributed by atoms with Gasteiger partial charge >= 0.3 is 0 Å². The summed E-state index contributed by atoms with van der Waals surface area (Å²) in [4.78, 5) is 2.45. The molecule has 1 aromatic carbocycles. The SMILES string of the molecule is CCN1CCNc2ccc(-c3ccc(C)nn3)cc2C1. The average molecular weight is 268 g/mol. The summed E-state index contributed by atoms with van der Waals surface area (Å²) in [5, 5.41) is 11.9. The number of anilines is 1. The Labute approximate surface area is 119 Å². The van der Waals surface area contributed by atoms with Gasteiger partial charge in [-0.3, -0.25) is 4.90 Å². The highest BCUT2D eigenvalue weighted by atomic mass is 15.1. The van der Waals surface area contributed by atoms with Gasteiger partial charge in [-0.15, -0.1) is 0 Å². The summed E-state index contributed by atoms with van der Waals surface area (Å²) < 4.78 is 0. The van der Waals surface area contributed by atoms with Gasteiger partial charge in [-0.05, 0) is 43.3 Å². The third kappa shape index (κ3) is 2.65. The number of rotatable bonds is 2. The molecule has 1 N–H and O–H groups in total. The van der Waals surface area contributed by atoms with Crippen molar-refractivity contribution >= 4 is 5.69 Å². The fourth-order valence-electron chi connectivity index (χ4n) is 2.55. The van der Waals surface area contributed by atoms with Gasteiger partial charge in [-0.1, -0.05) is 13.0 Å². The molecule has 0 bridgehead atoms. The van der Waals surface area contributed by atoms with E-state index in [1.165, 1.54) is 11.3 Å². The normalized spacial score (nSPS) is 15.3. The van der Waals surface area contributed by atoms with Crippen LogP contribution in [0.3, 0.4) is 0 Å². The molecular formula is C16H20N4. The van der Waals surface area contributed by atoms with Gasteiger partial charge in [0.25, 0.3) is 0 Å². The van der Waals surface area contributed by atoms with Gasteiger partial charge in [0.2, 0.25) is 0 Å². The number of fused-ring (bicyclic) bond motifs is 1. The lowest BCUT2D eigenvalue weighted by molar-refractivity contribution is 0.296. The number of nitrogens with one attached hydrogen (secondary N) is 1. The monoisotopic (exact) mass is 268 g/mol. The van der Waals surface area contributed by atoms with Crippen LogP contribution in [0.4, 0.5) is 5.69 Å². The van der Waals surface area contributed by atoms with E-state index in [1.54, 1.807) is 0 Å². The van der Waals surface area contributed by atoms with E-state index in [2.05, 4.69) is 45.5 Å².